The van der Waals surface area contributed by atoms with Gasteiger partial charge in [0.15, 0.2) is 5.65 Å². The minimum Gasteiger partial charge on any atom is -0.361 e. The van der Waals surface area contributed by atoms with Crippen molar-refractivity contribution in [2.75, 3.05) is 0 Å². The average molecular weight is 430 g/mol. The molecule has 9 heteroatoms. The lowest BCUT2D eigenvalue weighted by molar-refractivity contribution is 0.369. The molecule has 0 bridgehead atoms. The smallest absolute Gasteiger partial charge is 0.332 e. The quantitative estimate of drug-likeness (QED) is 0.438. The number of aryl methyl sites for hydroxylation is 2. The van der Waals surface area contributed by atoms with Gasteiger partial charge in [0.25, 0.3) is 5.56 Å². The normalized spacial score (nSPS) is 13.9. The lowest BCUT2D eigenvalue weighted by Crippen LogP contribution is -2.39. The summed E-state index contributed by atoms with van der Waals surface area (Å²) in [7, 11) is 1.51. The van der Waals surface area contributed by atoms with Gasteiger partial charge in [-0.25, -0.2) is 14.8 Å². The predicted molar refractivity (Wildman–Crippen MR) is 116 cm³/mol. The highest BCUT2D eigenvalue weighted by Gasteiger charge is 2.22. The van der Waals surface area contributed by atoms with E-state index in [1.165, 1.54) is 24.4 Å². The van der Waals surface area contributed by atoms with Crippen molar-refractivity contribution in [3.05, 3.63) is 43.7 Å². The summed E-state index contributed by atoms with van der Waals surface area (Å²) in [6, 6.07) is 0. The van der Waals surface area contributed by atoms with Crippen molar-refractivity contribution >= 4 is 22.8 Å². The van der Waals surface area contributed by atoms with E-state index in [0.29, 0.717) is 34.2 Å². The molecule has 4 rings (SSSR count). The number of fused-ring (bicyclic) bond motifs is 2. The molecule has 0 saturated carbocycles. The molecule has 0 N–H and O–H groups in total. The Morgan fingerprint density at radius 1 is 1.17 bits per heavy atom. The molecule has 1 aliphatic carbocycles. The monoisotopic (exact) mass is 429 g/mol. The number of rotatable bonds is 6. The number of thioether (sulfide) groups is 1. The molecule has 30 heavy (non-hydrogen) atoms. The second kappa shape index (κ2) is 8.37. The van der Waals surface area contributed by atoms with E-state index in [0.717, 1.165) is 48.1 Å². The number of nitrogens with zero attached hydrogens (tertiary/aromatic N) is 5. The van der Waals surface area contributed by atoms with Crippen LogP contribution >= 0.6 is 11.8 Å². The standard InChI is InChI=1S/C21H27N5O3S/c1-5-10-26-18-16(20(27)25(4)21(26)28)19(23-17(22-18)12(2)3)30-11-14-13-8-6-7-9-15(13)29-24-14/h12H,5-11H2,1-4H3. The fourth-order valence-electron chi connectivity index (χ4n) is 3.84. The van der Waals surface area contributed by atoms with Crippen molar-refractivity contribution in [3.8, 4) is 0 Å². The Morgan fingerprint density at radius 3 is 2.67 bits per heavy atom. The second-order valence-corrected chi connectivity index (χ2v) is 9.03. The maximum Gasteiger partial charge on any atom is 0.332 e. The maximum absolute atomic E-state index is 13.0. The molecule has 0 amide bonds. The zero-order valence-corrected chi connectivity index (χ0v) is 18.7. The average Bonchev–Trinajstić information content (AvgIpc) is 3.16. The third kappa shape index (κ3) is 3.59. The minimum absolute atomic E-state index is 0.0720. The lowest BCUT2D eigenvalue weighted by atomic mass is 9.97. The van der Waals surface area contributed by atoms with Gasteiger partial charge < -0.3 is 4.52 Å². The van der Waals surface area contributed by atoms with Crippen LogP contribution < -0.4 is 11.2 Å². The van der Waals surface area contributed by atoms with Gasteiger partial charge in [-0.2, -0.15) is 0 Å². The van der Waals surface area contributed by atoms with Crippen molar-refractivity contribution in [3.63, 3.8) is 0 Å². The molecule has 3 aromatic rings. The van der Waals surface area contributed by atoms with E-state index in [4.69, 9.17) is 9.51 Å². The van der Waals surface area contributed by atoms with Gasteiger partial charge >= 0.3 is 5.69 Å². The molecule has 3 aromatic heterocycles. The summed E-state index contributed by atoms with van der Waals surface area (Å²) in [6.45, 7) is 6.51. The molecule has 1 aliphatic rings. The highest BCUT2D eigenvalue weighted by Crippen LogP contribution is 2.31. The molecular weight excluding hydrogens is 402 g/mol. The molecule has 0 spiro atoms. The van der Waals surface area contributed by atoms with Crippen LogP contribution in [0.1, 0.15) is 68.8 Å². The van der Waals surface area contributed by atoms with Gasteiger partial charge in [-0.05, 0) is 25.7 Å². The largest absolute Gasteiger partial charge is 0.361 e. The van der Waals surface area contributed by atoms with Crippen LogP contribution in [0.3, 0.4) is 0 Å². The zero-order valence-electron chi connectivity index (χ0n) is 17.9. The maximum atomic E-state index is 13.0. The van der Waals surface area contributed by atoms with E-state index < -0.39 is 0 Å². The summed E-state index contributed by atoms with van der Waals surface area (Å²) in [5, 5.41) is 5.27. The summed E-state index contributed by atoms with van der Waals surface area (Å²) in [5.74, 6) is 2.26. The van der Waals surface area contributed by atoms with Crippen molar-refractivity contribution in [2.24, 2.45) is 7.05 Å². The summed E-state index contributed by atoms with van der Waals surface area (Å²) in [5.41, 5.74) is 1.85. The van der Waals surface area contributed by atoms with Crippen LogP contribution in [0.25, 0.3) is 11.0 Å². The zero-order chi connectivity index (χ0) is 21.4. The van der Waals surface area contributed by atoms with Crippen LogP contribution in [-0.2, 0) is 32.2 Å². The first-order valence-corrected chi connectivity index (χ1v) is 11.5. The van der Waals surface area contributed by atoms with E-state index in [2.05, 4.69) is 10.1 Å². The molecule has 0 radical (unpaired) electrons. The minimum atomic E-state index is -0.359. The fraction of sp³-hybridized carbons (Fsp3) is 0.571. The molecule has 0 atom stereocenters. The molecule has 0 aliphatic heterocycles. The molecular formula is C21H27N5O3S. The SMILES string of the molecule is CCCn1c(=O)n(C)c(=O)c2c(SCc3noc4c3CCCC4)nc(C(C)C)nc21. The van der Waals surface area contributed by atoms with Crippen LogP contribution in [0.5, 0.6) is 0 Å². The van der Waals surface area contributed by atoms with E-state index in [-0.39, 0.29) is 17.2 Å². The third-order valence-corrected chi connectivity index (χ3v) is 6.49. The van der Waals surface area contributed by atoms with E-state index in [1.807, 2.05) is 20.8 Å². The van der Waals surface area contributed by atoms with Gasteiger partial charge in [-0.15, -0.1) is 0 Å². The summed E-state index contributed by atoms with van der Waals surface area (Å²) < 4.78 is 8.27. The highest BCUT2D eigenvalue weighted by molar-refractivity contribution is 7.98. The van der Waals surface area contributed by atoms with Crippen molar-refractivity contribution < 1.29 is 4.52 Å². The van der Waals surface area contributed by atoms with Crippen LogP contribution in [0.4, 0.5) is 0 Å². The van der Waals surface area contributed by atoms with Crippen LogP contribution in [0, 0.1) is 0 Å². The molecule has 0 unspecified atom stereocenters. The van der Waals surface area contributed by atoms with E-state index >= 15 is 0 Å². The predicted octanol–water partition coefficient (Wildman–Crippen LogP) is 3.18. The van der Waals surface area contributed by atoms with Crippen LogP contribution in [-0.4, -0.2) is 24.3 Å². The first-order valence-electron chi connectivity index (χ1n) is 10.5. The van der Waals surface area contributed by atoms with E-state index in [9.17, 15) is 9.59 Å². The van der Waals surface area contributed by atoms with Crippen molar-refractivity contribution in [1.82, 2.24) is 24.3 Å². The number of hydrogen-bond donors (Lipinski definition) is 0. The third-order valence-electron chi connectivity index (χ3n) is 5.51. The summed E-state index contributed by atoms with van der Waals surface area (Å²) >= 11 is 1.47. The van der Waals surface area contributed by atoms with E-state index in [1.54, 1.807) is 4.57 Å². The first kappa shape index (κ1) is 20.8. The molecule has 0 fully saturated rings. The van der Waals surface area contributed by atoms with Crippen LogP contribution in [0.2, 0.25) is 0 Å². The van der Waals surface area contributed by atoms with Gasteiger partial charge in [0.1, 0.15) is 22.0 Å². The van der Waals surface area contributed by atoms with Crippen molar-refractivity contribution in [2.45, 2.75) is 76.1 Å². The molecule has 0 aromatic carbocycles. The Balaban J connectivity index is 1.85. The Labute approximate surface area is 178 Å². The number of hydrogen-bond acceptors (Lipinski definition) is 7. The summed E-state index contributed by atoms with van der Waals surface area (Å²) in [6.07, 6.45) is 4.96. The molecule has 0 saturated heterocycles. The Kier molecular flexibility index (Phi) is 5.81. The number of aromatic nitrogens is 5. The topological polar surface area (TPSA) is 95.8 Å². The Morgan fingerprint density at radius 2 is 1.93 bits per heavy atom. The highest BCUT2D eigenvalue weighted by atomic mass is 32.2. The van der Waals surface area contributed by atoms with Gasteiger partial charge in [0.2, 0.25) is 0 Å². The van der Waals surface area contributed by atoms with Gasteiger partial charge in [0, 0.05) is 37.2 Å². The van der Waals surface area contributed by atoms with Gasteiger partial charge in [0.05, 0.1) is 5.69 Å². The Bertz CT molecular complexity index is 1210. The molecule has 160 valence electrons. The first-order chi connectivity index (χ1) is 14.4. The van der Waals surface area contributed by atoms with Crippen LogP contribution in [0.15, 0.2) is 19.1 Å². The van der Waals surface area contributed by atoms with Gasteiger partial charge in [-0.3, -0.25) is 13.9 Å². The second-order valence-electron chi connectivity index (χ2n) is 8.07. The lowest BCUT2D eigenvalue weighted by Gasteiger charge is -2.15. The summed E-state index contributed by atoms with van der Waals surface area (Å²) in [4.78, 5) is 35.1. The molecule has 3 heterocycles. The fourth-order valence-corrected chi connectivity index (χ4v) is 4.82. The Hall–Kier alpha value is -2.42. The van der Waals surface area contributed by atoms with Crippen molar-refractivity contribution in [1.29, 1.82) is 0 Å². The molecule has 8 nitrogen and oxygen atoms in total. The van der Waals surface area contributed by atoms with Gasteiger partial charge in [-0.1, -0.05) is 37.7 Å².